The highest BCUT2D eigenvalue weighted by atomic mass is 19.4. The fourth-order valence-electron chi connectivity index (χ4n) is 2.28. The van der Waals surface area contributed by atoms with Crippen molar-refractivity contribution in [3.05, 3.63) is 34.9 Å². The van der Waals surface area contributed by atoms with E-state index in [1.165, 1.54) is 13.0 Å². The van der Waals surface area contributed by atoms with E-state index in [0.717, 1.165) is 18.4 Å². The molecule has 1 heterocycles. The summed E-state index contributed by atoms with van der Waals surface area (Å²) in [6, 6.07) is 4.31. The number of halogens is 3. The van der Waals surface area contributed by atoms with Crippen molar-refractivity contribution in [1.82, 2.24) is 5.32 Å². The first-order chi connectivity index (χ1) is 8.41. The van der Waals surface area contributed by atoms with Gasteiger partial charge in [0.15, 0.2) is 0 Å². The molecule has 98 valence electrons. The number of benzene rings is 1. The molecule has 0 bridgehead atoms. The van der Waals surface area contributed by atoms with Gasteiger partial charge in [-0.05, 0) is 24.1 Å². The third-order valence-electron chi connectivity index (χ3n) is 3.26. The third kappa shape index (κ3) is 2.35. The second kappa shape index (κ2) is 4.63. The molecule has 0 aliphatic carbocycles. The Morgan fingerprint density at radius 3 is 2.61 bits per heavy atom. The van der Waals surface area contributed by atoms with Crippen LogP contribution in [-0.4, -0.2) is 18.9 Å². The van der Waals surface area contributed by atoms with Crippen molar-refractivity contribution < 1.29 is 13.2 Å². The van der Waals surface area contributed by atoms with Crippen molar-refractivity contribution >= 4 is 5.84 Å². The molecule has 1 unspecified atom stereocenters. The number of nitrogens with zero attached hydrogens (tertiary/aromatic N) is 1. The number of alkyl halides is 3. The minimum atomic E-state index is -4.30. The van der Waals surface area contributed by atoms with E-state index in [9.17, 15) is 13.2 Å². The molecule has 0 fully saturated rings. The molecule has 5 heteroatoms. The van der Waals surface area contributed by atoms with Crippen LogP contribution in [0.4, 0.5) is 13.2 Å². The Labute approximate surface area is 104 Å². The molecule has 2 nitrogen and oxygen atoms in total. The topological polar surface area (TPSA) is 24.4 Å². The first kappa shape index (κ1) is 12.9. The minimum Gasteiger partial charge on any atom is -0.371 e. The smallest absolute Gasteiger partial charge is 0.371 e. The number of hydrogen-bond acceptors (Lipinski definition) is 2. The number of amidine groups is 1. The van der Waals surface area contributed by atoms with Crippen molar-refractivity contribution in [1.29, 1.82) is 0 Å². The van der Waals surface area contributed by atoms with Crippen LogP contribution in [-0.2, 0) is 6.18 Å². The Hall–Kier alpha value is -1.52. The average Bonchev–Trinajstić information content (AvgIpc) is 2.80. The van der Waals surface area contributed by atoms with Crippen LogP contribution in [0, 0.1) is 6.92 Å². The van der Waals surface area contributed by atoms with Crippen LogP contribution in [0.3, 0.4) is 0 Å². The van der Waals surface area contributed by atoms with E-state index >= 15 is 0 Å². The van der Waals surface area contributed by atoms with E-state index in [2.05, 4.69) is 10.3 Å². The molecule has 18 heavy (non-hydrogen) atoms. The van der Waals surface area contributed by atoms with Gasteiger partial charge in [-0.25, -0.2) is 0 Å². The van der Waals surface area contributed by atoms with Crippen LogP contribution in [0.2, 0.25) is 0 Å². The quantitative estimate of drug-likeness (QED) is 0.863. The van der Waals surface area contributed by atoms with E-state index in [1.807, 2.05) is 6.92 Å². The van der Waals surface area contributed by atoms with Crippen LogP contribution in [0.15, 0.2) is 23.2 Å². The van der Waals surface area contributed by atoms with Crippen molar-refractivity contribution in [2.45, 2.75) is 25.9 Å². The molecule has 1 aromatic carbocycles. The second-order valence-corrected chi connectivity index (χ2v) is 4.43. The van der Waals surface area contributed by atoms with Crippen molar-refractivity contribution in [3.8, 4) is 0 Å². The molecule has 1 aliphatic rings. The van der Waals surface area contributed by atoms with Gasteiger partial charge in [0.25, 0.3) is 0 Å². The number of hydrogen-bond donors (Lipinski definition) is 1. The lowest BCUT2D eigenvalue weighted by molar-refractivity contribution is -0.138. The second-order valence-electron chi connectivity index (χ2n) is 4.43. The molecule has 1 aliphatic heterocycles. The normalized spacial score (nSPS) is 17.3. The summed E-state index contributed by atoms with van der Waals surface area (Å²) in [7, 11) is 0. The number of nitrogens with one attached hydrogen (secondary N) is 1. The molecule has 1 N–H and O–H groups in total. The van der Waals surface area contributed by atoms with Crippen LogP contribution >= 0.6 is 0 Å². The Bertz CT molecular complexity index is 478. The van der Waals surface area contributed by atoms with Gasteiger partial charge in [0, 0.05) is 12.5 Å². The van der Waals surface area contributed by atoms with E-state index in [1.54, 1.807) is 6.07 Å². The zero-order chi connectivity index (χ0) is 13.3. The van der Waals surface area contributed by atoms with Gasteiger partial charge < -0.3 is 5.32 Å². The highest BCUT2D eigenvalue weighted by molar-refractivity contribution is 5.90. The molecule has 0 amide bonds. The first-order valence-electron chi connectivity index (χ1n) is 5.86. The van der Waals surface area contributed by atoms with Crippen LogP contribution in [0.5, 0.6) is 0 Å². The van der Waals surface area contributed by atoms with Crippen LogP contribution in [0.1, 0.15) is 29.5 Å². The fraction of sp³-hybridized carbons (Fsp3) is 0.462. The molecular weight excluding hydrogens is 241 g/mol. The van der Waals surface area contributed by atoms with E-state index in [-0.39, 0.29) is 11.5 Å². The van der Waals surface area contributed by atoms with Crippen molar-refractivity contribution in [2.75, 3.05) is 13.1 Å². The summed E-state index contributed by atoms with van der Waals surface area (Å²) in [6.07, 6.45) is -4.30. The minimum absolute atomic E-state index is 0.130. The van der Waals surface area contributed by atoms with Crippen LogP contribution in [0.25, 0.3) is 0 Å². The van der Waals surface area contributed by atoms with E-state index in [0.29, 0.717) is 12.1 Å². The summed E-state index contributed by atoms with van der Waals surface area (Å²) >= 11 is 0. The van der Waals surface area contributed by atoms with Gasteiger partial charge in [0.2, 0.25) is 0 Å². The maximum absolute atomic E-state index is 12.8. The summed E-state index contributed by atoms with van der Waals surface area (Å²) in [5.74, 6) is 0.646. The zero-order valence-electron chi connectivity index (χ0n) is 10.3. The van der Waals surface area contributed by atoms with Crippen molar-refractivity contribution in [2.24, 2.45) is 4.99 Å². The lowest BCUT2D eigenvalue weighted by atomic mass is 9.92. The molecule has 0 spiro atoms. The summed E-state index contributed by atoms with van der Waals surface area (Å²) in [5.41, 5.74) is 0.400. The lowest BCUT2D eigenvalue weighted by Gasteiger charge is -2.19. The molecule has 0 aromatic heterocycles. The van der Waals surface area contributed by atoms with Gasteiger partial charge in [-0.1, -0.05) is 19.1 Å². The van der Waals surface area contributed by atoms with Gasteiger partial charge in [-0.3, -0.25) is 4.99 Å². The molecular formula is C13H15F3N2. The Morgan fingerprint density at radius 2 is 2.06 bits per heavy atom. The summed E-state index contributed by atoms with van der Waals surface area (Å²) in [5, 5.41) is 3.11. The first-order valence-corrected chi connectivity index (χ1v) is 5.86. The predicted molar refractivity (Wildman–Crippen MR) is 64.9 cm³/mol. The maximum Gasteiger partial charge on any atom is 0.416 e. The van der Waals surface area contributed by atoms with Crippen molar-refractivity contribution in [3.63, 3.8) is 0 Å². The Kier molecular flexibility index (Phi) is 3.32. The maximum atomic E-state index is 12.8. The number of aliphatic imine (C=N–C) groups is 1. The number of rotatable bonds is 2. The molecule has 1 aromatic rings. The SMILES string of the molecule is Cc1c(C(C)C2=NCCN2)cccc1C(F)(F)F. The van der Waals surface area contributed by atoms with Gasteiger partial charge in [0.1, 0.15) is 5.84 Å². The molecule has 0 saturated heterocycles. The Morgan fingerprint density at radius 1 is 1.33 bits per heavy atom. The summed E-state index contributed by atoms with van der Waals surface area (Å²) < 4.78 is 38.5. The monoisotopic (exact) mass is 256 g/mol. The van der Waals surface area contributed by atoms with Gasteiger partial charge >= 0.3 is 6.18 Å². The van der Waals surface area contributed by atoms with E-state index in [4.69, 9.17) is 0 Å². The zero-order valence-corrected chi connectivity index (χ0v) is 10.3. The molecule has 0 saturated carbocycles. The summed E-state index contributed by atoms with van der Waals surface area (Å²) in [6.45, 7) is 4.85. The summed E-state index contributed by atoms with van der Waals surface area (Å²) in [4.78, 5) is 4.27. The van der Waals surface area contributed by atoms with E-state index < -0.39 is 11.7 Å². The van der Waals surface area contributed by atoms with Gasteiger partial charge in [0.05, 0.1) is 12.1 Å². The predicted octanol–water partition coefficient (Wildman–Crippen LogP) is 3.12. The highest BCUT2D eigenvalue weighted by Gasteiger charge is 2.33. The largest absolute Gasteiger partial charge is 0.416 e. The molecule has 1 atom stereocenters. The van der Waals surface area contributed by atoms with Gasteiger partial charge in [-0.2, -0.15) is 13.2 Å². The molecule has 0 radical (unpaired) electrons. The Balaban J connectivity index is 2.40. The average molecular weight is 256 g/mol. The van der Waals surface area contributed by atoms with Crippen LogP contribution < -0.4 is 5.32 Å². The standard InChI is InChI=1S/C13H15F3N2/c1-8-10(9(2)12-17-6-7-18-12)4-3-5-11(8)13(14,15)16/h3-5,9H,6-7H2,1-2H3,(H,17,18). The highest BCUT2D eigenvalue weighted by Crippen LogP contribution is 2.35. The third-order valence-corrected chi connectivity index (χ3v) is 3.26. The molecule has 2 rings (SSSR count). The fourth-order valence-corrected chi connectivity index (χ4v) is 2.28. The van der Waals surface area contributed by atoms with Gasteiger partial charge in [-0.15, -0.1) is 0 Å². The lowest BCUT2D eigenvalue weighted by Crippen LogP contribution is -2.25.